The molecule has 0 spiro atoms. The fourth-order valence-electron chi connectivity index (χ4n) is 3.53. The second-order valence-electron chi connectivity index (χ2n) is 6.77. The first kappa shape index (κ1) is 18.9. The highest BCUT2D eigenvalue weighted by atomic mass is 19.2. The van der Waals surface area contributed by atoms with Crippen molar-refractivity contribution in [3.05, 3.63) is 71.0 Å². The van der Waals surface area contributed by atoms with Crippen LogP contribution in [0.25, 0.3) is 0 Å². The van der Waals surface area contributed by atoms with Gasteiger partial charge in [-0.05, 0) is 36.6 Å². The molecule has 140 valence electrons. The Morgan fingerprint density at radius 3 is 2.38 bits per heavy atom. The number of hydrogen-bond acceptors (Lipinski definition) is 3. The van der Waals surface area contributed by atoms with Gasteiger partial charge in [0.25, 0.3) is 0 Å². The monoisotopic (exact) mass is 364 g/mol. The first-order valence-corrected chi connectivity index (χ1v) is 8.80. The Bertz CT molecular complexity index is 718. The fraction of sp³-hybridized carbons (Fsp3) is 0.400. The third-order valence-electron chi connectivity index (χ3n) is 5.08. The van der Waals surface area contributed by atoms with E-state index in [2.05, 4.69) is 29.3 Å². The normalized spacial score (nSPS) is 20.3. The van der Waals surface area contributed by atoms with Crippen LogP contribution in [0.2, 0.25) is 0 Å². The van der Waals surface area contributed by atoms with Crippen molar-refractivity contribution in [1.82, 2.24) is 10.2 Å². The van der Waals surface area contributed by atoms with E-state index in [0.29, 0.717) is 0 Å². The maximum atomic E-state index is 13.5. The molecule has 1 aliphatic heterocycles. The maximum absolute atomic E-state index is 13.5. The first-order chi connectivity index (χ1) is 12.5. The highest BCUT2D eigenvalue weighted by Gasteiger charge is 2.29. The van der Waals surface area contributed by atoms with Crippen LogP contribution in [0.3, 0.4) is 0 Å². The van der Waals surface area contributed by atoms with Gasteiger partial charge in [0.1, 0.15) is 0 Å². The summed E-state index contributed by atoms with van der Waals surface area (Å²) in [5.41, 5.74) is 1.44. The van der Waals surface area contributed by atoms with Gasteiger partial charge in [-0.1, -0.05) is 30.3 Å². The highest BCUT2D eigenvalue weighted by molar-refractivity contribution is 5.23. The summed E-state index contributed by atoms with van der Waals surface area (Å²) in [5.74, 6) is -3.98. The Morgan fingerprint density at radius 1 is 1.12 bits per heavy atom. The summed E-state index contributed by atoms with van der Waals surface area (Å²) in [6, 6.07) is 11.8. The minimum absolute atomic E-state index is 0.0782. The van der Waals surface area contributed by atoms with Crippen molar-refractivity contribution < 1.29 is 18.3 Å². The summed E-state index contributed by atoms with van der Waals surface area (Å²) in [7, 11) is 0. The van der Waals surface area contributed by atoms with Gasteiger partial charge in [-0.3, -0.25) is 4.90 Å². The van der Waals surface area contributed by atoms with Crippen molar-refractivity contribution in [3.63, 3.8) is 0 Å². The van der Waals surface area contributed by atoms with E-state index in [0.717, 1.165) is 31.6 Å². The van der Waals surface area contributed by atoms with Gasteiger partial charge < -0.3 is 10.4 Å². The van der Waals surface area contributed by atoms with Gasteiger partial charge in [0.15, 0.2) is 17.5 Å². The molecule has 0 radical (unpaired) electrons. The molecular weight excluding hydrogens is 341 g/mol. The zero-order valence-corrected chi connectivity index (χ0v) is 14.6. The van der Waals surface area contributed by atoms with Gasteiger partial charge >= 0.3 is 0 Å². The minimum atomic E-state index is -1.49. The molecule has 26 heavy (non-hydrogen) atoms. The number of halogens is 3. The Morgan fingerprint density at radius 2 is 1.77 bits per heavy atom. The number of benzene rings is 2. The van der Waals surface area contributed by atoms with E-state index in [-0.39, 0.29) is 24.3 Å². The lowest BCUT2D eigenvalue weighted by Crippen LogP contribution is -2.37. The molecule has 0 aromatic heterocycles. The molecule has 3 rings (SSSR count). The predicted octanol–water partition coefficient (Wildman–Crippen LogP) is 3.56. The average molecular weight is 364 g/mol. The lowest BCUT2D eigenvalue weighted by Gasteiger charge is -2.26. The van der Waals surface area contributed by atoms with Crippen molar-refractivity contribution in [2.24, 2.45) is 0 Å². The lowest BCUT2D eigenvalue weighted by atomic mass is 10.1. The molecule has 1 fully saturated rings. The average Bonchev–Trinajstić information content (AvgIpc) is 3.12. The van der Waals surface area contributed by atoms with E-state index in [9.17, 15) is 18.3 Å². The van der Waals surface area contributed by atoms with Crippen LogP contribution >= 0.6 is 0 Å². The van der Waals surface area contributed by atoms with Crippen molar-refractivity contribution >= 4 is 0 Å². The van der Waals surface area contributed by atoms with Crippen LogP contribution in [0.15, 0.2) is 42.5 Å². The third kappa shape index (κ3) is 4.09. The molecule has 0 unspecified atom stereocenters. The van der Waals surface area contributed by atoms with E-state index in [1.54, 1.807) is 0 Å². The van der Waals surface area contributed by atoms with Gasteiger partial charge in [-0.15, -0.1) is 0 Å². The van der Waals surface area contributed by atoms with Crippen molar-refractivity contribution in [2.45, 2.75) is 31.5 Å². The number of nitrogens with one attached hydrogen (secondary N) is 1. The predicted molar refractivity (Wildman–Crippen MR) is 94.1 cm³/mol. The van der Waals surface area contributed by atoms with E-state index < -0.39 is 23.5 Å². The standard InChI is InChI=1S/C20H23F3N2O/c1-13(14-5-3-2-4-6-14)25-8-7-16(11-25)24-19(12-26)15-9-17(21)20(23)18(22)10-15/h2-6,9-10,13,16,19,24,26H,7-8,11-12H2,1H3/t13-,16+,19+/m1/s1. The molecule has 0 saturated carbocycles. The molecule has 3 atom stereocenters. The largest absolute Gasteiger partial charge is 0.394 e. The summed E-state index contributed by atoms with van der Waals surface area (Å²) in [5, 5.41) is 12.9. The zero-order chi connectivity index (χ0) is 18.7. The van der Waals surface area contributed by atoms with Crippen molar-refractivity contribution in [3.8, 4) is 0 Å². The SMILES string of the molecule is C[C@H](c1ccccc1)N1CC[C@H](N[C@@H](CO)c2cc(F)c(F)c(F)c2)C1. The van der Waals surface area contributed by atoms with Gasteiger partial charge in [-0.25, -0.2) is 13.2 Å². The smallest absolute Gasteiger partial charge is 0.194 e. The Kier molecular flexibility index (Phi) is 5.96. The Balaban J connectivity index is 1.65. The maximum Gasteiger partial charge on any atom is 0.194 e. The third-order valence-corrected chi connectivity index (χ3v) is 5.08. The molecule has 1 saturated heterocycles. The van der Waals surface area contributed by atoms with Gasteiger partial charge in [0.2, 0.25) is 0 Å². The summed E-state index contributed by atoms with van der Waals surface area (Å²) in [6.45, 7) is 3.47. The van der Waals surface area contributed by atoms with E-state index >= 15 is 0 Å². The Hall–Kier alpha value is -1.89. The molecule has 3 nitrogen and oxygen atoms in total. The molecule has 0 bridgehead atoms. The molecule has 2 N–H and O–H groups in total. The van der Waals surface area contributed by atoms with Crippen LogP contribution in [0.1, 0.15) is 36.6 Å². The second kappa shape index (κ2) is 8.20. The summed E-state index contributed by atoms with van der Waals surface area (Å²) < 4.78 is 40.1. The molecule has 1 aliphatic rings. The van der Waals surface area contributed by atoms with Gasteiger partial charge in [0, 0.05) is 25.2 Å². The van der Waals surface area contributed by atoms with Gasteiger partial charge in [0.05, 0.1) is 12.6 Å². The quantitative estimate of drug-likeness (QED) is 0.770. The number of likely N-dealkylation sites (tertiary alicyclic amines) is 1. The first-order valence-electron chi connectivity index (χ1n) is 8.80. The number of aliphatic hydroxyl groups is 1. The van der Waals surface area contributed by atoms with Crippen LogP contribution in [-0.2, 0) is 0 Å². The minimum Gasteiger partial charge on any atom is -0.394 e. The number of rotatable bonds is 6. The fourth-order valence-corrected chi connectivity index (χ4v) is 3.53. The van der Waals surface area contributed by atoms with E-state index in [4.69, 9.17) is 0 Å². The van der Waals surface area contributed by atoms with Crippen LogP contribution in [0.4, 0.5) is 13.2 Å². The van der Waals surface area contributed by atoms with E-state index in [1.807, 2.05) is 18.2 Å². The molecule has 2 aromatic rings. The molecule has 1 heterocycles. The van der Waals surface area contributed by atoms with Crippen LogP contribution in [0.5, 0.6) is 0 Å². The summed E-state index contributed by atoms with van der Waals surface area (Å²) in [4.78, 5) is 2.33. The lowest BCUT2D eigenvalue weighted by molar-refractivity contribution is 0.221. The molecule has 2 aromatic carbocycles. The molecule has 0 aliphatic carbocycles. The second-order valence-corrected chi connectivity index (χ2v) is 6.77. The summed E-state index contributed by atoms with van der Waals surface area (Å²) in [6.07, 6.45) is 0.861. The molecule has 0 amide bonds. The Labute approximate surface area is 151 Å². The molecule has 6 heteroatoms. The highest BCUT2D eigenvalue weighted by Crippen LogP contribution is 2.26. The zero-order valence-electron chi connectivity index (χ0n) is 14.6. The van der Waals surface area contributed by atoms with Crippen LogP contribution in [-0.4, -0.2) is 35.7 Å². The molecular formula is C20H23F3N2O. The number of nitrogens with zero attached hydrogens (tertiary/aromatic N) is 1. The number of hydrogen-bond donors (Lipinski definition) is 2. The number of aliphatic hydroxyl groups excluding tert-OH is 1. The summed E-state index contributed by atoms with van der Waals surface area (Å²) >= 11 is 0. The van der Waals surface area contributed by atoms with E-state index in [1.165, 1.54) is 5.56 Å². The van der Waals surface area contributed by atoms with Crippen molar-refractivity contribution in [1.29, 1.82) is 0 Å². The van der Waals surface area contributed by atoms with Gasteiger partial charge in [-0.2, -0.15) is 0 Å². The van der Waals surface area contributed by atoms with Crippen molar-refractivity contribution in [2.75, 3.05) is 19.7 Å². The topological polar surface area (TPSA) is 35.5 Å². The van der Waals surface area contributed by atoms with Crippen LogP contribution in [0, 0.1) is 17.5 Å². The van der Waals surface area contributed by atoms with Crippen LogP contribution < -0.4 is 5.32 Å².